The maximum Gasteiger partial charge on any atom is 0.356 e. The lowest BCUT2D eigenvalue weighted by Crippen LogP contribution is -2.17. The van der Waals surface area contributed by atoms with E-state index in [1.165, 1.54) is 0 Å². The van der Waals surface area contributed by atoms with E-state index in [0.29, 0.717) is 5.70 Å². The van der Waals surface area contributed by atoms with Crippen molar-refractivity contribution in [2.24, 2.45) is 5.10 Å². The Balaban J connectivity index is 1.92. The van der Waals surface area contributed by atoms with Crippen LogP contribution in [-0.2, 0) is 16.1 Å². The van der Waals surface area contributed by atoms with Crippen LogP contribution in [0.25, 0.3) is 0 Å². The second-order valence-electron chi connectivity index (χ2n) is 3.42. The van der Waals surface area contributed by atoms with E-state index in [1.54, 1.807) is 24.4 Å². The van der Waals surface area contributed by atoms with Gasteiger partial charge in [0.15, 0.2) is 0 Å². The van der Waals surface area contributed by atoms with E-state index in [1.807, 2.05) is 30.3 Å². The largest absolute Gasteiger partial charge is 0.456 e. The lowest BCUT2D eigenvalue weighted by atomic mass is 10.2. The molecule has 1 heterocycles. The van der Waals surface area contributed by atoms with E-state index in [2.05, 4.69) is 10.5 Å². The van der Waals surface area contributed by atoms with Crippen molar-refractivity contribution in [1.82, 2.24) is 5.43 Å². The number of rotatable bonds is 3. The predicted octanol–water partition coefficient (Wildman–Crippen LogP) is 1.76. The smallest absolute Gasteiger partial charge is 0.356 e. The highest BCUT2D eigenvalue weighted by Crippen LogP contribution is 2.04. The molecule has 0 bridgehead atoms. The third kappa shape index (κ3) is 3.31. The number of hydrogen-bond donors (Lipinski definition) is 1. The van der Waals surface area contributed by atoms with Crippen molar-refractivity contribution in [3.8, 4) is 0 Å². The van der Waals surface area contributed by atoms with Gasteiger partial charge in [-0.15, -0.1) is 0 Å². The van der Waals surface area contributed by atoms with E-state index < -0.39 is 5.97 Å². The van der Waals surface area contributed by atoms with Gasteiger partial charge in [-0.25, -0.2) is 4.79 Å². The number of carbonyl (C=O) groups is 1. The van der Waals surface area contributed by atoms with Crippen LogP contribution < -0.4 is 5.43 Å². The highest BCUT2D eigenvalue weighted by Gasteiger charge is 2.10. The zero-order valence-electron chi connectivity index (χ0n) is 9.17. The van der Waals surface area contributed by atoms with Gasteiger partial charge in [0.1, 0.15) is 12.3 Å². The van der Waals surface area contributed by atoms with Crippen LogP contribution in [0.2, 0.25) is 0 Å². The summed E-state index contributed by atoms with van der Waals surface area (Å²) in [4.78, 5) is 11.7. The fraction of sp³-hybridized carbons (Fsp3) is 0.0769. The summed E-state index contributed by atoms with van der Waals surface area (Å²) in [5.74, 6) is -0.419. The molecule has 0 aliphatic carbocycles. The van der Waals surface area contributed by atoms with Crippen molar-refractivity contribution < 1.29 is 9.53 Å². The van der Waals surface area contributed by atoms with Crippen LogP contribution in [0.3, 0.4) is 0 Å². The van der Waals surface area contributed by atoms with Crippen molar-refractivity contribution in [2.45, 2.75) is 6.61 Å². The van der Waals surface area contributed by atoms with Crippen molar-refractivity contribution in [2.75, 3.05) is 0 Å². The number of nitrogens with zero attached hydrogens (tertiary/aromatic N) is 1. The van der Waals surface area contributed by atoms with Gasteiger partial charge >= 0.3 is 5.97 Å². The summed E-state index contributed by atoms with van der Waals surface area (Å²) < 4.78 is 5.15. The van der Waals surface area contributed by atoms with Crippen LogP contribution in [0.1, 0.15) is 5.56 Å². The zero-order chi connectivity index (χ0) is 11.9. The van der Waals surface area contributed by atoms with Crippen LogP contribution in [0, 0.1) is 0 Å². The Morgan fingerprint density at radius 2 is 2.06 bits per heavy atom. The first kappa shape index (κ1) is 11.1. The van der Waals surface area contributed by atoms with Gasteiger partial charge in [-0.05, 0) is 17.7 Å². The van der Waals surface area contributed by atoms with Crippen molar-refractivity contribution in [3.63, 3.8) is 0 Å². The number of hydrazone groups is 1. The second kappa shape index (κ2) is 5.65. The van der Waals surface area contributed by atoms with Gasteiger partial charge in [-0.3, -0.25) is 5.43 Å². The Hall–Kier alpha value is -2.36. The fourth-order valence-electron chi connectivity index (χ4n) is 1.30. The van der Waals surface area contributed by atoms with E-state index in [-0.39, 0.29) is 6.61 Å². The summed E-state index contributed by atoms with van der Waals surface area (Å²) in [6.07, 6.45) is 6.64. The molecule has 1 N–H and O–H groups in total. The minimum absolute atomic E-state index is 0.256. The maximum absolute atomic E-state index is 11.7. The summed E-state index contributed by atoms with van der Waals surface area (Å²) in [6, 6.07) is 9.53. The summed E-state index contributed by atoms with van der Waals surface area (Å²) in [5, 5.41) is 3.80. The highest BCUT2D eigenvalue weighted by molar-refractivity contribution is 5.89. The Morgan fingerprint density at radius 3 is 2.88 bits per heavy atom. The highest BCUT2D eigenvalue weighted by atomic mass is 16.5. The standard InChI is InChI=1S/C13H12N2O2/c16-13(12-8-4-5-9-14-15-12)17-10-11-6-2-1-3-7-11/h1-9,15H,10H2. The van der Waals surface area contributed by atoms with Crippen molar-refractivity contribution in [3.05, 3.63) is 59.8 Å². The molecule has 1 aromatic carbocycles. The second-order valence-corrected chi connectivity index (χ2v) is 3.42. The lowest BCUT2D eigenvalue weighted by Gasteiger charge is -2.06. The molecule has 0 aromatic heterocycles. The van der Waals surface area contributed by atoms with Gasteiger partial charge in [0.2, 0.25) is 0 Å². The van der Waals surface area contributed by atoms with E-state index in [0.717, 1.165) is 5.56 Å². The Kier molecular flexibility index (Phi) is 3.70. The number of benzene rings is 1. The fourth-order valence-corrected chi connectivity index (χ4v) is 1.30. The maximum atomic E-state index is 11.7. The summed E-state index contributed by atoms with van der Waals surface area (Å²) in [5.41, 5.74) is 3.89. The number of nitrogens with one attached hydrogen (secondary N) is 1. The van der Waals surface area contributed by atoms with Crippen LogP contribution in [0.5, 0.6) is 0 Å². The monoisotopic (exact) mass is 228 g/mol. The summed E-state index contributed by atoms with van der Waals surface area (Å²) in [7, 11) is 0. The van der Waals surface area contributed by atoms with Gasteiger partial charge in [-0.2, -0.15) is 5.10 Å². The number of ether oxygens (including phenoxy) is 1. The summed E-state index contributed by atoms with van der Waals surface area (Å²) >= 11 is 0. The number of allylic oxidation sites excluding steroid dienone is 3. The molecule has 0 radical (unpaired) electrons. The van der Waals surface area contributed by atoms with Gasteiger partial charge in [0.25, 0.3) is 0 Å². The van der Waals surface area contributed by atoms with Crippen molar-refractivity contribution >= 4 is 12.2 Å². The minimum atomic E-state index is -0.419. The quantitative estimate of drug-likeness (QED) is 0.802. The molecule has 1 aliphatic rings. The first-order chi connectivity index (χ1) is 8.36. The van der Waals surface area contributed by atoms with Gasteiger partial charge in [0.05, 0.1) is 0 Å². The van der Waals surface area contributed by atoms with E-state index in [9.17, 15) is 4.79 Å². The molecule has 0 saturated carbocycles. The zero-order valence-corrected chi connectivity index (χ0v) is 9.17. The summed E-state index contributed by atoms with van der Waals surface area (Å²) in [6.45, 7) is 0.256. The third-order valence-corrected chi connectivity index (χ3v) is 2.15. The molecule has 0 atom stereocenters. The van der Waals surface area contributed by atoms with E-state index in [4.69, 9.17) is 4.74 Å². The average Bonchev–Trinajstić information content (AvgIpc) is 2.66. The van der Waals surface area contributed by atoms with Crippen molar-refractivity contribution in [1.29, 1.82) is 0 Å². The Bertz CT molecular complexity index is 475. The first-order valence-electron chi connectivity index (χ1n) is 5.23. The molecule has 2 rings (SSSR count). The first-order valence-corrected chi connectivity index (χ1v) is 5.23. The number of carbonyl (C=O) groups excluding carboxylic acids is 1. The predicted molar refractivity (Wildman–Crippen MR) is 65.1 cm³/mol. The molecular weight excluding hydrogens is 216 g/mol. The minimum Gasteiger partial charge on any atom is -0.456 e. The SMILES string of the molecule is O=C(OCc1ccccc1)C1=CC=CC=NN1. The van der Waals surface area contributed by atoms with Crippen LogP contribution in [-0.4, -0.2) is 12.2 Å². The molecular formula is C13H12N2O2. The molecule has 0 spiro atoms. The molecule has 0 fully saturated rings. The Morgan fingerprint density at radius 1 is 1.24 bits per heavy atom. The van der Waals surface area contributed by atoms with Crippen LogP contribution in [0.15, 0.2) is 59.4 Å². The molecule has 1 aliphatic heterocycles. The molecule has 86 valence electrons. The average molecular weight is 228 g/mol. The van der Waals surface area contributed by atoms with Crippen LogP contribution in [0.4, 0.5) is 0 Å². The number of esters is 1. The molecule has 17 heavy (non-hydrogen) atoms. The Labute approximate surface area is 99.3 Å². The normalized spacial score (nSPS) is 13.5. The number of hydrogen-bond acceptors (Lipinski definition) is 4. The molecule has 0 saturated heterocycles. The molecule has 1 aromatic rings. The van der Waals surface area contributed by atoms with Crippen LogP contribution >= 0.6 is 0 Å². The van der Waals surface area contributed by atoms with Gasteiger partial charge < -0.3 is 4.74 Å². The molecule has 4 nitrogen and oxygen atoms in total. The van der Waals surface area contributed by atoms with Gasteiger partial charge in [-0.1, -0.05) is 36.4 Å². The topological polar surface area (TPSA) is 50.7 Å². The van der Waals surface area contributed by atoms with E-state index >= 15 is 0 Å². The molecule has 4 heteroatoms. The van der Waals surface area contributed by atoms with Gasteiger partial charge in [0, 0.05) is 6.21 Å². The molecule has 0 unspecified atom stereocenters. The lowest BCUT2D eigenvalue weighted by molar-refractivity contribution is -0.140. The molecule has 0 amide bonds. The third-order valence-electron chi connectivity index (χ3n) is 2.15.